The molecule has 2 aromatic carbocycles. The van der Waals surface area contributed by atoms with E-state index in [0.29, 0.717) is 36.5 Å². The van der Waals surface area contributed by atoms with Gasteiger partial charge in [-0.05, 0) is 29.8 Å². The summed E-state index contributed by atoms with van der Waals surface area (Å²) < 4.78 is 27.5. The number of nitrogens with one attached hydrogen (secondary N) is 1. The first-order chi connectivity index (χ1) is 14.5. The predicted octanol–water partition coefficient (Wildman–Crippen LogP) is 2.22. The highest BCUT2D eigenvalue weighted by Crippen LogP contribution is 2.23. The lowest BCUT2D eigenvalue weighted by molar-refractivity contribution is 0.0615. The van der Waals surface area contributed by atoms with Crippen LogP contribution in [-0.4, -0.2) is 65.1 Å². The summed E-state index contributed by atoms with van der Waals surface area (Å²) in [5.74, 6) is -1.69. The van der Waals surface area contributed by atoms with Crippen LogP contribution in [0.4, 0.5) is 8.78 Å². The highest BCUT2D eigenvalue weighted by molar-refractivity contribution is 5.95. The first kappa shape index (κ1) is 20.2. The van der Waals surface area contributed by atoms with Crippen LogP contribution in [-0.2, 0) is 0 Å². The van der Waals surface area contributed by atoms with Gasteiger partial charge in [0, 0.05) is 55.4 Å². The SMILES string of the molecule is O=C(c1ccc(-c2cc3c(F)cc(F)cc3c(=O)[nH]2)cc1)N1CCN(CCO)CC1. The number of hydrogen-bond acceptors (Lipinski definition) is 4. The van der Waals surface area contributed by atoms with Gasteiger partial charge in [0.2, 0.25) is 0 Å². The van der Waals surface area contributed by atoms with Crippen molar-refractivity contribution >= 4 is 16.7 Å². The third kappa shape index (κ3) is 3.96. The molecule has 6 nitrogen and oxygen atoms in total. The number of amides is 1. The van der Waals surface area contributed by atoms with Crippen LogP contribution in [0.3, 0.4) is 0 Å². The summed E-state index contributed by atoms with van der Waals surface area (Å²) in [5, 5.41) is 9.00. The van der Waals surface area contributed by atoms with Crippen LogP contribution in [0.1, 0.15) is 10.4 Å². The van der Waals surface area contributed by atoms with Crippen molar-refractivity contribution in [3.63, 3.8) is 0 Å². The van der Waals surface area contributed by atoms with Crippen molar-refractivity contribution in [2.24, 2.45) is 0 Å². The van der Waals surface area contributed by atoms with E-state index in [0.717, 1.165) is 25.2 Å². The van der Waals surface area contributed by atoms with Gasteiger partial charge in [-0.3, -0.25) is 14.5 Å². The summed E-state index contributed by atoms with van der Waals surface area (Å²) in [7, 11) is 0. The van der Waals surface area contributed by atoms with Gasteiger partial charge in [0.05, 0.1) is 12.0 Å². The molecule has 1 aliphatic heterocycles. The number of hydrogen-bond donors (Lipinski definition) is 2. The Morgan fingerprint density at radius 2 is 1.70 bits per heavy atom. The highest BCUT2D eigenvalue weighted by Gasteiger charge is 2.21. The molecule has 0 atom stereocenters. The van der Waals surface area contributed by atoms with E-state index >= 15 is 0 Å². The zero-order valence-corrected chi connectivity index (χ0v) is 16.2. The van der Waals surface area contributed by atoms with Gasteiger partial charge in [-0.15, -0.1) is 0 Å². The Labute approximate surface area is 171 Å². The Hall–Kier alpha value is -3.10. The minimum atomic E-state index is -0.807. The van der Waals surface area contributed by atoms with E-state index in [9.17, 15) is 18.4 Å². The van der Waals surface area contributed by atoms with Gasteiger partial charge in [-0.1, -0.05) is 12.1 Å². The van der Waals surface area contributed by atoms with E-state index in [-0.39, 0.29) is 23.3 Å². The predicted molar refractivity (Wildman–Crippen MR) is 109 cm³/mol. The highest BCUT2D eigenvalue weighted by atomic mass is 19.1. The molecule has 4 rings (SSSR count). The number of carbonyl (C=O) groups is 1. The van der Waals surface area contributed by atoms with Crippen LogP contribution in [0.2, 0.25) is 0 Å². The molecular weight excluding hydrogens is 392 g/mol. The molecule has 0 radical (unpaired) electrons. The minimum Gasteiger partial charge on any atom is -0.395 e. The van der Waals surface area contributed by atoms with Gasteiger partial charge >= 0.3 is 0 Å². The minimum absolute atomic E-state index is 0.0380. The summed E-state index contributed by atoms with van der Waals surface area (Å²) in [5.41, 5.74) is 0.934. The standard InChI is InChI=1S/C22H21F2N3O3/c23-16-11-18-17(19(24)12-16)13-20(25-21(18)29)14-1-3-15(4-2-14)22(30)27-7-5-26(6-8-27)9-10-28/h1-4,11-13,28H,5-10H2,(H,25,29). The zero-order chi connectivity index (χ0) is 21.3. The molecular formula is C22H21F2N3O3. The second-order valence-electron chi connectivity index (χ2n) is 7.30. The van der Waals surface area contributed by atoms with E-state index in [1.165, 1.54) is 6.07 Å². The number of β-amino-alcohol motifs (C(OH)–C–C–N with tert-alkyl or cyclic N) is 1. The Morgan fingerprint density at radius 1 is 1.00 bits per heavy atom. The molecule has 2 heterocycles. The Kier molecular flexibility index (Phi) is 5.61. The summed E-state index contributed by atoms with van der Waals surface area (Å²) in [6.07, 6.45) is 0. The molecule has 0 aliphatic carbocycles. The van der Waals surface area contributed by atoms with Gasteiger partial charge in [0.25, 0.3) is 11.5 Å². The average molecular weight is 413 g/mol. The van der Waals surface area contributed by atoms with Crippen molar-refractivity contribution in [3.05, 3.63) is 70.0 Å². The maximum Gasteiger partial charge on any atom is 0.256 e. The summed E-state index contributed by atoms with van der Waals surface area (Å²) in [6, 6.07) is 9.92. The van der Waals surface area contributed by atoms with Crippen LogP contribution in [0.5, 0.6) is 0 Å². The fourth-order valence-corrected chi connectivity index (χ4v) is 3.74. The van der Waals surface area contributed by atoms with Crippen LogP contribution < -0.4 is 5.56 Å². The van der Waals surface area contributed by atoms with Crippen molar-refractivity contribution in [1.82, 2.24) is 14.8 Å². The van der Waals surface area contributed by atoms with Gasteiger partial charge in [0.1, 0.15) is 11.6 Å². The van der Waals surface area contributed by atoms with E-state index in [2.05, 4.69) is 9.88 Å². The number of aromatic nitrogens is 1. The third-order valence-corrected chi connectivity index (χ3v) is 5.39. The molecule has 2 N–H and O–H groups in total. The number of pyridine rings is 1. The molecule has 1 fully saturated rings. The number of H-pyrrole nitrogens is 1. The van der Waals surface area contributed by atoms with Crippen molar-refractivity contribution in [3.8, 4) is 11.3 Å². The molecule has 0 saturated carbocycles. The molecule has 0 spiro atoms. The maximum atomic E-state index is 14.1. The second-order valence-corrected chi connectivity index (χ2v) is 7.30. The molecule has 1 amide bonds. The normalized spacial score (nSPS) is 15.0. The van der Waals surface area contributed by atoms with Gasteiger partial charge in [-0.25, -0.2) is 8.78 Å². The van der Waals surface area contributed by atoms with Crippen LogP contribution in [0, 0.1) is 11.6 Å². The molecule has 0 bridgehead atoms. The molecule has 30 heavy (non-hydrogen) atoms. The monoisotopic (exact) mass is 413 g/mol. The van der Waals surface area contributed by atoms with Gasteiger partial charge in [-0.2, -0.15) is 0 Å². The fourth-order valence-electron chi connectivity index (χ4n) is 3.74. The van der Waals surface area contributed by atoms with Gasteiger partial charge in [0.15, 0.2) is 0 Å². The number of rotatable bonds is 4. The molecule has 8 heteroatoms. The van der Waals surface area contributed by atoms with Crippen molar-refractivity contribution < 1.29 is 18.7 Å². The lowest BCUT2D eigenvalue weighted by Gasteiger charge is -2.34. The summed E-state index contributed by atoms with van der Waals surface area (Å²) in [4.78, 5) is 31.5. The number of carbonyl (C=O) groups excluding carboxylic acids is 1. The molecule has 3 aromatic rings. The molecule has 1 aromatic heterocycles. The quantitative estimate of drug-likeness (QED) is 0.688. The zero-order valence-electron chi connectivity index (χ0n) is 16.2. The van der Waals surface area contributed by atoms with E-state index in [1.54, 1.807) is 29.2 Å². The average Bonchev–Trinajstić information content (AvgIpc) is 2.75. The van der Waals surface area contributed by atoms with Gasteiger partial charge < -0.3 is 15.0 Å². The topological polar surface area (TPSA) is 76.6 Å². The van der Waals surface area contributed by atoms with Crippen molar-refractivity contribution in [2.45, 2.75) is 0 Å². The first-order valence-corrected chi connectivity index (χ1v) is 9.71. The number of aliphatic hydroxyl groups is 1. The Bertz CT molecular complexity index is 1140. The van der Waals surface area contributed by atoms with Crippen molar-refractivity contribution in [2.75, 3.05) is 39.3 Å². The number of fused-ring (bicyclic) bond motifs is 1. The van der Waals surface area contributed by atoms with Crippen LogP contribution in [0.15, 0.2) is 47.3 Å². The first-order valence-electron chi connectivity index (χ1n) is 9.71. The number of halogens is 2. The summed E-state index contributed by atoms with van der Waals surface area (Å²) >= 11 is 0. The third-order valence-electron chi connectivity index (χ3n) is 5.39. The summed E-state index contributed by atoms with van der Waals surface area (Å²) in [6.45, 7) is 3.33. The largest absolute Gasteiger partial charge is 0.395 e. The van der Waals surface area contributed by atoms with E-state index in [4.69, 9.17) is 5.11 Å². The lowest BCUT2D eigenvalue weighted by atomic mass is 10.0. The Balaban J connectivity index is 1.55. The number of aliphatic hydroxyl groups excluding tert-OH is 1. The maximum absolute atomic E-state index is 14.1. The van der Waals surface area contributed by atoms with Crippen LogP contribution >= 0.6 is 0 Å². The number of benzene rings is 2. The molecule has 1 aliphatic rings. The second kappa shape index (κ2) is 8.33. The molecule has 0 unspecified atom stereocenters. The van der Waals surface area contributed by atoms with E-state index < -0.39 is 17.2 Å². The molecule has 1 saturated heterocycles. The van der Waals surface area contributed by atoms with E-state index in [1.807, 2.05) is 0 Å². The number of aromatic amines is 1. The number of nitrogens with zero attached hydrogens (tertiary/aromatic N) is 2. The fraction of sp³-hybridized carbons (Fsp3) is 0.273. The molecule has 156 valence electrons. The Morgan fingerprint density at radius 3 is 2.37 bits per heavy atom. The number of piperazine rings is 1. The lowest BCUT2D eigenvalue weighted by Crippen LogP contribution is -2.49. The smallest absolute Gasteiger partial charge is 0.256 e. The van der Waals surface area contributed by atoms with Crippen molar-refractivity contribution in [1.29, 1.82) is 0 Å². The van der Waals surface area contributed by atoms with Crippen LogP contribution in [0.25, 0.3) is 22.0 Å².